The van der Waals surface area contributed by atoms with Gasteiger partial charge < -0.3 is 14.2 Å². The van der Waals surface area contributed by atoms with E-state index >= 15 is 0 Å². The van der Waals surface area contributed by atoms with Crippen LogP contribution in [-0.4, -0.2) is 25.8 Å². The summed E-state index contributed by atoms with van der Waals surface area (Å²) in [5.74, 6) is 1.30. The largest absolute Gasteiger partial charge is 0.493 e. The van der Waals surface area contributed by atoms with Gasteiger partial charge in [0.2, 0.25) is 0 Å². The monoisotopic (exact) mass is 558 g/mol. The highest BCUT2D eigenvalue weighted by molar-refractivity contribution is 9.10. The van der Waals surface area contributed by atoms with Crippen LogP contribution in [0.15, 0.2) is 101 Å². The molecule has 4 aromatic carbocycles. The van der Waals surface area contributed by atoms with Crippen LogP contribution in [0.25, 0.3) is 10.8 Å². The molecule has 37 heavy (non-hydrogen) atoms. The van der Waals surface area contributed by atoms with Crippen LogP contribution in [0.2, 0.25) is 0 Å². The summed E-state index contributed by atoms with van der Waals surface area (Å²) in [6.07, 6.45) is 4.13. The van der Waals surface area contributed by atoms with Crippen molar-refractivity contribution in [2.24, 2.45) is 5.10 Å². The van der Waals surface area contributed by atoms with Crippen LogP contribution < -0.4 is 19.6 Å². The van der Waals surface area contributed by atoms with E-state index in [9.17, 15) is 4.79 Å². The minimum Gasteiger partial charge on any atom is -0.493 e. The molecule has 0 atom stereocenters. The Morgan fingerprint density at radius 2 is 1.78 bits per heavy atom. The van der Waals surface area contributed by atoms with Gasteiger partial charge in [-0.2, -0.15) is 5.10 Å². The molecular weight excluding hydrogens is 532 g/mol. The highest BCUT2D eigenvalue weighted by Gasteiger charge is 2.10. The Morgan fingerprint density at radius 1 is 0.946 bits per heavy atom. The Balaban J connectivity index is 1.44. The zero-order chi connectivity index (χ0) is 26.0. The summed E-state index contributed by atoms with van der Waals surface area (Å²) in [6, 6.07) is 25.4. The maximum atomic E-state index is 12.4. The number of benzene rings is 4. The summed E-state index contributed by atoms with van der Waals surface area (Å²) in [6.45, 7) is 3.93. The van der Waals surface area contributed by atoms with Crippen LogP contribution in [-0.2, 0) is 17.8 Å². The molecular formula is C30H27BrN2O4. The van der Waals surface area contributed by atoms with Crippen LogP contribution in [0.5, 0.6) is 17.2 Å². The van der Waals surface area contributed by atoms with Crippen molar-refractivity contribution in [2.45, 2.75) is 13.0 Å². The smallest absolute Gasteiger partial charge is 0.277 e. The molecule has 0 aliphatic carbocycles. The van der Waals surface area contributed by atoms with Crippen molar-refractivity contribution in [3.05, 3.63) is 113 Å². The molecule has 0 aliphatic heterocycles. The van der Waals surface area contributed by atoms with Gasteiger partial charge >= 0.3 is 0 Å². The van der Waals surface area contributed by atoms with E-state index in [4.69, 9.17) is 14.2 Å². The SMILES string of the molecule is C=CCc1ccc(OCC(=O)N/N=C\c2c(OCc3cccc(Br)c3)ccc3ccccc23)c(OC)c1. The lowest BCUT2D eigenvalue weighted by Crippen LogP contribution is -2.24. The molecule has 0 saturated carbocycles. The molecule has 7 heteroatoms. The van der Waals surface area contributed by atoms with Crippen molar-refractivity contribution in [1.82, 2.24) is 5.43 Å². The van der Waals surface area contributed by atoms with E-state index in [1.54, 1.807) is 19.4 Å². The standard InChI is InChI=1S/C30H27BrN2O4/c1-3-7-21-12-14-28(29(17-21)35-2)37-20-30(34)33-32-18-26-25-11-5-4-9-23(25)13-15-27(26)36-19-22-8-6-10-24(31)16-22/h3-6,8-18H,1,7,19-20H2,2H3,(H,33,34)/b32-18-. The molecule has 1 amide bonds. The molecule has 0 saturated heterocycles. The number of hydrogen-bond donors (Lipinski definition) is 1. The number of nitrogens with zero attached hydrogens (tertiary/aromatic N) is 1. The Kier molecular flexibility index (Phi) is 8.94. The van der Waals surface area contributed by atoms with Crippen LogP contribution >= 0.6 is 15.9 Å². The average Bonchev–Trinajstić information content (AvgIpc) is 2.91. The molecule has 0 fully saturated rings. The lowest BCUT2D eigenvalue weighted by Gasteiger charge is -2.12. The molecule has 0 unspecified atom stereocenters. The molecule has 6 nitrogen and oxygen atoms in total. The number of amides is 1. The molecule has 0 heterocycles. The van der Waals surface area contributed by atoms with Gasteiger partial charge in [-0.25, -0.2) is 5.43 Å². The van der Waals surface area contributed by atoms with Crippen molar-refractivity contribution in [3.8, 4) is 17.2 Å². The van der Waals surface area contributed by atoms with Gasteiger partial charge in [-0.1, -0.05) is 70.5 Å². The lowest BCUT2D eigenvalue weighted by molar-refractivity contribution is -0.123. The second-order valence-electron chi connectivity index (χ2n) is 8.18. The van der Waals surface area contributed by atoms with Crippen LogP contribution in [0.3, 0.4) is 0 Å². The van der Waals surface area contributed by atoms with Gasteiger partial charge in [0.15, 0.2) is 18.1 Å². The fourth-order valence-electron chi connectivity index (χ4n) is 3.79. The van der Waals surface area contributed by atoms with Crippen LogP contribution in [0, 0.1) is 0 Å². The molecule has 188 valence electrons. The van der Waals surface area contributed by atoms with Crippen molar-refractivity contribution in [1.29, 1.82) is 0 Å². The first-order valence-electron chi connectivity index (χ1n) is 11.7. The maximum absolute atomic E-state index is 12.4. The number of hydrogen-bond acceptors (Lipinski definition) is 5. The predicted octanol–water partition coefficient (Wildman–Crippen LogP) is 6.45. The third kappa shape index (κ3) is 6.98. The van der Waals surface area contributed by atoms with E-state index < -0.39 is 5.91 Å². The molecule has 0 radical (unpaired) electrons. The third-order valence-corrected chi connectivity index (χ3v) is 6.06. The first-order valence-corrected chi connectivity index (χ1v) is 12.5. The number of allylic oxidation sites excluding steroid dienone is 1. The number of carbonyl (C=O) groups excluding carboxylic acids is 1. The summed E-state index contributed by atoms with van der Waals surface area (Å²) >= 11 is 3.49. The number of methoxy groups -OCH3 is 1. The fraction of sp³-hybridized carbons (Fsp3) is 0.133. The highest BCUT2D eigenvalue weighted by Crippen LogP contribution is 2.29. The molecule has 0 aliphatic rings. The molecule has 0 bridgehead atoms. The Labute approximate surface area is 224 Å². The zero-order valence-electron chi connectivity index (χ0n) is 20.4. The topological polar surface area (TPSA) is 69.2 Å². The van der Waals surface area contributed by atoms with E-state index in [0.717, 1.165) is 31.9 Å². The summed E-state index contributed by atoms with van der Waals surface area (Å²) in [5.41, 5.74) is 5.38. The number of carbonyl (C=O) groups is 1. The third-order valence-electron chi connectivity index (χ3n) is 5.56. The first kappa shape index (κ1) is 26.0. The number of fused-ring (bicyclic) bond motifs is 1. The van der Waals surface area contributed by atoms with Gasteiger partial charge in [-0.3, -0.25) is 4.79 Å². The van der Waals surface area contributed by atoms with Gasteiger partial charge in [0.1, 0.15) is 12.4 Å². The van der Waals surface area contributed by atoms with Gasteiger partial charge in [0.25, 0.3) is 5.91 Å². The van der Waals surface area contributed by atoms with Gasteiger partial charge in [-0.15, -0.1) is 6.58 Å². The van der Waals surface area contributed by atoms with Crippen LogP contribution in [0.4, 0.5) is 0 Å². The normalized spacial score (nSPS) is 10.9. The van der Waals surface area contributed by atoms with Crippen molar-refractivity contribution >= 4 is 38.8 Å². The number of ether oxygens (including phenoxy) is 3. The van der Waals surface area contributed by atoms with Crippen LogP contribution in [0.1, 0.15) is 16.7 Å². The fourth-order valence-corrected chi connectivity index (χ4v) is 4.24. The van der Waals surface area contributed by atoms with Crippen molar-refractivity contribution in [3.63, 3.8) is 0 Å². The Hall–Kier alpha value is -4.10. The van der Waals surface area contributed by atoms with Crippen molar-refractivity contribution < 1.29 is 19.0 Å². The maximum Gasteiger partial charge on any atom is 0.277 e. The second kappa shape index (κ2) is 12.7. The molecule has 1 N–H and O–H groups in total. The lowest BCUT2D eigenvalue weighted by atomic mass is 10.0. The molecule has 0 spiro atoms. The Bertz CT molecular complexity index is 1430. The molecule has 0 aromatic heterocycles. The van der Waals surface area contributed by atoms with E-state index in [2.05, 4.69) is 33.0 Å². The highest BCUT2D eigenvalue weighted by atomic mass is 79.9. The van der Waals surface area contributed by atoms with E-state index in [0.29, 0.717) is 30.3 Å². The summed E-state index contributed by atoms with van der Waals surface area (Å²) in [7, 11) is 1.56. The molecule has 4 aromatic rings. The Morgan fingerprint density at radius 3 is 2.59 bits per heavy atom. The van der Waals surface area contributed by atoms with Crippen molar-refractivity contribution in [2.75, 3.05) is 13.7 Å². The van der Waals surface area contributed by atoms with E-state index in [-0.39, 0.29) is 6.61 Å². The van der Waals surface area contributed by atoms with Gasteiger partial charge in [0, 0.05) is 10.0 Å². The summed E-state index contributed by atoms with van der Waals surface area (Å²) < 4.78 is 18.2. The average molecular weight is 559 g/mol. The molecule has 4 rings (SSSR count). The quantitative estimate of drug-likeness (QED) is 0.130. The predicted molar refractivity (Wildman–Crippen MR) is 151 cm³/mol. The van der Waals surface area contributed by atoms with Gasteiger partial charge in [-0.05, 0) is 58.7 Å². The van der Waals surface area contributed by atoms with E-state index in [1.165, 1.54) is 0 Å². The summed E-state index contributed by atoms with van der Waals surface area (Å²) in [4.78, 5) is 12.4. The number of rotatable bonds is 11. The van der Waals surface area contributed by atoms with E-state index in [1.807, 2.05) is 78.9 Å². The second-order valence-corrected chi connectivity index (χ2v) is 9.09. The number of nitrogens with one attached hydrogen (secondary N) is 1. The minimum absolute atomic E-state index is 0.212. The first-order chi connectivity index (χ1) is 18.1. The number of hydrazone groups is 1. The number of halogens is 1. The van der Waals surface area contributed by atoms with Gasteiger partial charge in [0.05, 0.1) is 13.3 Å². The zero-order valence-corrected chi connectivity index (χ0v) is 22.0. The summed E-state index contributed by atoms with van der Waals surface area (Å²) in [5, 5.41) is 6.19. The minimum atomic E-state index is -0.398.